The number of halogens is 2. The first-order valence-corrected chi connectivity index (χ1v) is 6.92. The van der Waals surface area contributed by atoms with Gasteiger partial charge in [-0.1, -0.05) is 63.9 Å². The van der Waals surface area contributed by atoms with E-state index in [1.807, 2.05) is 12.1 Å². The van der Waals surface area contributed by atoms with Crippen molar-refractivity contribution in [2.75, 3.05) is 0 Å². The van der Waals surface area contributed by atoms with Gasteiger partial charge in [0.05, 0.1) is 0 Å². The molecule has 0 N–H and O–H groups in total. The van der Waals surface area contributed by atoms with E-state index >= 15 is 0 Å². The summed E-state index contributed by atoms with van der Waals surface area (Å²) >= 11 is 9.43. The molecule has 1 atom stereocenters. The second kappa shape index (κ2) is 5.70. The zero-order chi connectivity index (χ0) is 12.3. The average molecular weight is 310 g/mol. The lowest BCUT2D eigenvalue weighted by Gasteiger charge is -2.06. The van der Waals surface area contributed by atoms with Gasteiger partial charge in [-0.2, -0.15) is 0 Å². The first-order chi connectivity index (χ1) is 8.15. The fraction of sp³-hybridized carbons (Fsp3) is 0.200. The molecule has 0 fully saturated rings. The van der Waals surface area contributed by atoms with Crippen LogP contribution in [0.25, 0.3) is 0 Å². The van der Waals surface area contributed by atoms with Gasteiger partial charge >= 0.3 is 0 Å². The molecule has 0 aliphatic heterocycles. The molecule has 2 aromatic carbocycles. The summed E-state index contributed by atoms with van der Waals surface area (Å²) < 4.78 is 0. The molecule has 0 aromatic heterocycles. The predicted molar refractivity (Wildman–Crippen MR) is 78.0 cm³/mol. The minimum absolute atomic E-state index is 0.409. The SMILES string of the molecule is CC(Br)c1ccc(Cc2ccc(Cl)cc2)cc1. The summed E-state index contributed by atoms with van der Waals surface area (Å²) in [6.45, 7) is 2.13. The van der Waals surface area contributed by atoms with Gasteiger partial charge in [0.1, 0.15) is 0 Å². The van der Waals surface area contributed by atoms with Gasteiger partial charge in [-0.25, -0.2) is 0 Å². The Kier molecular flexibility index (Phi) is 4.25. The molecule has 0 amide bonds. The Hall–Kier alpha value is -0.790. The fourth-order valence-corrected chi connectivity index (χ4v) is 2.17. The normalized spacial score (nSPS) is 12.4. The molecule has 0 radical (unpaired) electrons. The van der Waals surface area contributed by atoms with Crippen LogP contribution in [-0.2, 0) is 6.42 Å². The standard InChI is InChI=1S/C15H14BrCl/c1-11(16)14-6-2-12(3-7-14)10-13-4-8-15(17)9-5-13/h2-9,11H,10H2,1H3. The Morgan fingerprint density at radius 1 is 0.941 bits per heavy atom. The molecular formula is C15H14BrCl. The summed E-state index contributed by atoms with van der Waals surface area (Å²) in [6, 6.07) is 16.7. The molecule has 0 nitrogen and oxygen atoms in total. The summed E-state index contributed by atoms with van der Waals surface area (Å²) in [5, 5.41) is 0.789. The lowest BCUT2D eigenvalue weighted by molar-refractivity contribution is 1.11. The Balaban J connectivity index is 2.11. The van der Waals surface area contributed by atoms with Crippen LogP contribution in [0.3, 0.4) is 0 Å². The number of alkyl halides is 1. The van der Waals surface area contributed by atoms with Gasteiger partial charge in [0.15, 0.2) is 0 Å². The van der Waals surface area contributed by atoms with Gasteiger partial charge < -0.3 is 0 Å². The topological polar surface area (TPSA) is 0 Å². The van der Waals surface area contributed by atoms with Crippen molar-refractivity contribution < 1.29 is 0 Å². The van der Waals surface area contributed by atoms with Gasteiger partial charge in [0, 0.05) is 9.85 Å². The highest BCUT2D eigenvalue weighted by Crippen LogP contribution is 2.22. The maximum Gasteiger partial charge on any atom is 0.0406 e. The molecule has 0 saturated carbocycles. The highest BCUT2D eigenvalue weighted by Gasteiger charge is 2.01. The van der Waals surface area contributed by atoms with Gasteiger partial charge in [0.25, 0.3) is 0 Å². The van der Waals surface area contributed by atoms with Crippen LogP contribution in [0.4, 0.5) is 0 Å². The first-order valence-electron chi connectivity index (χ1n) is 5.62. The van der Waals surface area contributed by atoms with E-state index in [0.29, 0.717) is 4.83 Å². The lowest BCUT2D eigenvalue weighted by Crippen LogP contribution is -1.89. The molecule has 2 aromatic rings. The van der Waals surface area contributed by atoms with Crippen molar-refractivity contribution in [2.45, 2.75) is 18.2 Å². The minimum Gasteiger partial charge on any atom is -0.0843 e. The molecule has 2 rings (SSSR count). The van der Waals surface area contributed by atoms with E-state index in [-0.39, 0.29) is 0 Å². The van der Waals surface area contributed by atoms with E-state index in [1.165, 1.54) is 16.7 Å². The summed E-state index contributed by atoms with van der Waals surface area (Å²) in [4.78, 5) is 0.409. The van der Waals surface area contributed by atoms with Crippen LogP contribution in [0, 0.1) is 0 Å². The van der Waals surface area contributed by atoms with Crippen LogP contribution in [0.5, 0.6) is 0 Å². The summed E-state index contributed by atoms with van der Waals surface area (Å²) in [5.41, 5.74) is 3.92. The van der Waals surface area contributed by atoms with Gasteiger partial charge in [-0.15, -0.1) is 0 Å². The lowest BCUT2D eigenvalue weighted by atomic mass is 10.0. The molecular weight excluding hydrogens is 296 g/mol. The minimum atomic E-state index is 0.409. The molecule has 0 saturated heterocycles. The van der Waals surface area contributed by atoms with E-state index in [0.717, 1.165) is 11.4 Å². The van der Waals surface area contributed by atoms with Crippen molar-refractivity contribution in [2.24, 2.45) is 0 Å². The van der Waals surface area contributed by atoms with E-state index in [1.54, 1.807) is 0 Å². The zero-order valence-corrected chi connectivity index (χ0v) is 12.0. The molecule has 0 aliphatic carbocycles. The largest absolute Gasteiger partial charge is 0.0843 e. The molecule has 2 heteroatoms. The molecule has 0 bridgehead atoms. The van der Waals surface area contributed by atoms with E-state index in [9.17, 15) is 0 Å². The number of benzene rings is 2. The zero-order valence-electron chi connectivity index (χ0n) is 9.66. The number of hydrogen-bond acceptors (Lipinski definition) is 0. The summed E-state index contributed by atoms with van der Waals surface area (Å²) in [6.07, 6.45) is 0.952. The first kappa shape index (κ1) is 12.7. The van der Waals surface area contributed by atoms with E-state index < -0.39 is 0 Å². The Bertz CT molecular complexity index is 471. The van der Waals surface area contributed by atoms with Gasteiger partial charge in [-0.05, 0) is 42.2 Å². The third-order valence-corrected chi connectivity index (χ3v) is 3.54. The number of rotatable bonds is 3. The van der Waals surface area contributed by atoms with E-state index in [2.05, 4.69) is 59.3 Å². The van der Waals surface area contributed by atoms with Crippen molar-refractivity contribution in [1.29, 1.82) is 0 Å². The molecule has 17 heavy (non-hydrogen) atoms. The van der Waals surface area contributed by atoms with Crippen LogP contribution in [-0.4, -0.2) is 0 Å². The Morgan fingerprint density at radius 2 is 1.41 bits per heavy atom. The maximum absolute atomic E-state index is 5.87. The highest BCUT2D eigenvalue weighted by molar-refractivity contribution is 9.09. The molecule has 1 unspecified atom stereocenters. The fourth-order valence-electron chi connectivity index (χ4n) is 1.74. The monoisotopic (exact) mass is 308 g/mol. The van der Waals surface area contributed by atoms with Crippen molar-refractivity contribution >= 4 is 27.5 Å². The summed E-state index contributed by atoms with van der Waals surface area (Å²) in [7, 11) is 0. The molecule has 88 valence electrons. The predicted octanol–water partition coefficient (Wildman–Crippen LogP) is 5.39. The molecule has 0 spiro atoms. The highest BCUT2D eigenvalue weighted by atomic mass is 79.9. The van der Waals surface area contributed by atoms with Gasteiger partial charge in [-0.3, -0.25) is 0 Å². The van der Waals surface area contributed by atoms with Crippen LogP contribution in [0.2, 0.25) is 5.02 Å². The van der Waals surface area contributed by atoms with Gasteiger partial charge in [0.2, 0.25) is 0 Å². The third kappa shape index (κ3) is 3.58. The van der Waals surface area contributed by atoms with E-state index in [4.69, 9.17) is 11.6 Å². The van der Waals surface area contributed by atoms with Crippen LogP contribution >= 0.6 is 27.5 Å². The summed E-state index contributed by atoms with van der Waals surface area (Å²) in [5.74, 6) is 0. The van der Waals surface area contributed by atoms with Crippen molar-refractivity contribution in [3.63, 3.8) is 0 Å². The van der Waals surface area contributed by atoms with Crippen LogP contribution in [0.1, 0.15) is 28.4 Å². The molecule has 0 aliphatic rings. The second-order valence-corrected chi connectivity index (χ2v) is 5.97. The smallest absolute Gasteiger partial charge is 0.0406 e. The number of hydrogen-bond donors (Lipinski definition) is 0. The van der Waals surface area contributed by atoms with Crippen LogP contribution < -0.4 is 0 Å². The quantitative estimate of drug-likeness (QED) is 0.667. The third-order valence-electron chi connectivity index (χ3n) is 2.76. The second-order valence-electron chi connectivity index (χ2n) is 4.16. The van der Waals surface area contributed by atoms with Crippen molar-refractivity contribution in [1.82, 2.24) is 0 Å². The van der Waals surface area contributed by atoms with Crippen molar-refractivity contribution in [3.8, 4) is 0 Å². The molecule has 0 heterocycles. The average Bonchev–Trinajstić information content (AvgIpc) is 2.33. The van der Waals surface area contributed by atoms with Crippen molar-refractivity contribution in [3.05, 3.63) is 70.2 Å². The Morgan fingerprint density at radius 3 is 1.88 bits per heavy atom. The maximum atomic E-state index is 5.87. The van der Waals surface area contributed by atoms with Crippen LogP contribution in [0.15, 0.2) is 48.5 Å². The Labute approximate surface area is 116 Å².